The van der Waals surface area contributed by atoms with E-state index in [1.165, 1.54) is 0 Å². The number of hydrogen-bond donors (Lipinski definition) is 2. The zero-order chi connectivity index (χ0) is 35.2. The minimum Gasteiger partial charge on any atom is -0.508 e. The van der Waals surface area contributed by atoms with Crippen LogP contribution in [0, 0.1) is 18.6 Å². The van der Waals surface area contributed by atoms with E-state index in [2.05, 4.69) is 11.8 Å². The summed E-state index contributed by atoms with van der Waals surface area (Å²) in [6.45, 7) is 15.3. The second-order valence-electron chi connectivity index (χ2n) is 14.1. The maximum absolute atomic E-state index is 13.8. The topological polar surface area (TPSA) is 119 Å². The number of ether oxygens (including phenoxy) is 3. The summed E-state index contributed by atoms with van der Waals surface area (Å²) >= 11 is 0. The van der Waals surface area contributed by atoms with Gasteiger partial charge in [0.15, 0.2) is 23.4 Å². The fraction of sp³-hybridized carbons (Fsp3) is 0.639. The third-order valence-corrected chi connectivity index (χ3v) is 8.68. The molecule has 2 aromatic heterocycles. The number of phenols is 1. The molecular formula is C36H52F2N4O6. The van der Waals surface area contributed by atoms with Crippen molar-refractivity contribution >= 4 is 17.4 Å². The molecule has 0 unspecified atom stereocenters. The van der Waals surface area contributed by atoms with Gasteiger partial charge in [-0.05, 0) is 111 Å². The minimum absolute atomic E-state index is 0.197. The van der Waals surface area contributed by atoms with Crippen molar-refractivity contribution in [2.24, 2.45) is 0 Å². The molecule has 1 fully saturated rings. The van der Waals surface area contributed by atoms with Crippen molar-refractivity contribution in [1.82, 2.24) is 14.6 Å². The zero-order valence-corrected chi connectivity index (χ0v) is 29.4. The highest BCUT2D eigenvalue weighted by molar-refractivity contribution is 5.80. The number of aryl methyl sites for hydroxylation is 3. The number of aliphatic hydroxyl groups excluding tert-OH is 1. The number of carbonyl (C=O) groups is 1. The Hall–Kier alpha value is -3.35. The standard InChI is InChI=1S/C36H52F2N4O6/c1-8-46-34(45)32(48-35(4,5)6)31-24(3)39-30-21-26(14-11-13-25-20-27(37)28(38)22-29(25)44)40-42(30)33(31)41-17-15-36(7,16-18-41)47-19-10-9-12-23(2)43/h20-23,32,43-44H,8-19H2,1-7H3/t23-,32+/m1/s1. The summed E-state index contributed by atoms with van der Waals surface area (Å²) in [6.07, 6.45) is 4.05. The second kappa shape index (κ2) is 15.9. The zero-order valence-electron chi connectivity index (χ0n) is 29.4. The summed E-state index contributed by atoms with van der Waals surface area (Å²) in [5.41, 5.74) is 1.91. The van der Waals surface area contributed by atoms with Crippen molar-refractivity contribution in [3.8, 4) is 5.75 Å². The molecular weight excluding hydrogens is 622 g/mol. The highest BCUT2D eigenvalue weighted by Crippen LogP contribution is 2.38. The van der Waals surface area contributed by atoms with Crippen LogP contribution in [0.5, 0.6) is 5.75 Å². The van der Waals surface area contributed by atoms with Gasteiger partial charge in [0.05, 0.1) is 35.2 Å². The van der Waals surface area contributed by atoms with Crippen LogP contribution in [-0.2, 0) is 31.8 Å². The van der Waals surface area contributed by atoms with Gasteiger partial charge in [-0.15, -0.1) is 0 Å². The van der Waals surface area contributed by atoms with E-state index in [4.69, 9.17) is 24.3 Å². The molecule has 48 heavy (non-hydrogen) atoms. The van der Waals surface area contributed by atoms with Gasteiger partial charge in [-0.1, -0.05) is 0 Å². The first-order valence-electron chi connectivity index (χ1n) is 17.1. The van der Waals surface area contributed by atoms with Gasteiger partial charge < -0.3 is 29.3 Å². The van der Waals surface area contributed by atoms with E-state index in [9.17, 15) is 23.8 Å². The normalized spacial score (nSPS) is 16.3. The van der Waals surface area contributed by atoms with Gasteiger partial charge in [-0.25, -0.2) is 18.6 Å². The lowest BCUT2D eigenvalue weighted by molar-refractivity contribution is -0.166. The number of hydrogen-bond acceptors (Lipinski definition) is 9. The van der Waals surface area contributed by atoms with Crippen molar-refractivity contribution in [1.29, 1.82) is 0 Å². The summed E-state index contributed by atoms with van der Waals surface area (Å²) in [5.74, 6) is -2.16. The monoisotopic (exact) mass is 674 g/mol. The van der Waals surface area contributed by atoms with Gasteiger partial charge in [0.25, 0.3) is 0 Å². The highest BCUT2D eigenvalue weighted by Gasteiger charge is 2.38. The fourth-order valence-electron chi connectivity index (χ4n) is 6.13. The number of esters is 1. The number of rotatable bonds is 15. The molecule has 1 aliphatic rings. The first-order chi connectivity index (χ1) is 22.6. The third-order valence-electron chi connectivity index (χ3n) is 8.68. The number of benzene rings is 1. The Labute approximate surface area is 282 Å². The number of piperidine rings is 1. The molecule has 4 rings (SSSR count). The number of nitrogens with zero attached hydrogens (tertiary/aromatic N) is 4. The van der Waals surface area contributed by atoms with Crippen molar-refractivity contribution in [2.45, 2.75) is 123 Å². The molecule has 1 aliphatic heterocycles. The van der Waals surface area contributed by atoms with Crippen molar-refractivity contribution < 1.29 is 38.0 Å². The van der Waals surface area contributed by atoms with Crippen LogP contribution in [0.4, 0.5) is 14.6 Å². The third kappa shape index (κ3) is 9.63. The molecule has 266 valence electrons. The maximum atomic E-state index is 13.8. The highest BCUT2D eigenvalue weighted by atomic mass is 19.2. The molecule has 1 saturated heterocycles. The molecule has 0 radical (unpaired) electrons. The Balaban J connectivity index is 1.65. The molecule has 1 aromatic carbocycles. The molecule has 12 heteroatoms. The Kier molecular flexibility index (Phi) is 12.4. The number of phenolic OH excluding ortho intramolecular Hbond substituents is 1. The quantitative estimate of drug-likeness (QED) is 0.137. The van der Waals surface area contributed by atoms with Crippen LogP contribution in [-0.4, -0.2) is 74.4 Å². The van der Waals surface area contributed by atoms with Gasteiger partial charge in [-0.3, -0.25) is 0 Å². The molecule has 0 aliphatic carbocycles. The Morgan fingerprint density at radius 3 is 2.42 bits per heavy atom. The first-order valence-corrected chi connectivity index (χ1v) is 17.1. The molecule has 2 atom stereocenters. The van der Waals surface area contributed by atoms with Gasteiger partial charge in [0, 0.05) is 37.5 Å². The lowest BCUT2D eigenvalue weighted by atomic mass is 9.92. The SMILES string of the molecule is CCOC(=O)[C@@H](OC(C)(C)C)c1c(C)nc2cc(CCCc3cc(F)c(F)cc3O)nn2c1N1CCC(C)(OCCCC[C@@H](C)O)CC1. The van der Waals surface area contributed by atoms with Gasteiger partial charge >= 0.3 is 5.97 Å². The van der Waals surface area contributed by atoms with Crippen LogP contribution in [0.3, 0.4) is 0 Å². The van der Waals surface area contributed by atoms with Crippen molar-refractivity contribution in [3.63, 3.8) is 0 Å². The number of aromatic hydroxyl groups is 1. The predicted molar refractivity (Wildman–Crippen MR) is 179 cm³/mol. The summed E-state index contributed by atoms with van der Waals surface area (Å²) < 4.78 is 47.3. The van der Waals surface area contributed by atoms with Crippen LogP contribution in [0.1, 0.15) is 109 Å². The predicted octanol–water partition coefficient (Wildman–Crippen LogP) is 6.54. The van der Waals surface area contributed by atoms with Crippen LogP contribution >= 0.6 is 0 Å². The average molecular weight is 675 g/mol. The lowest BCUT2D eigenvalue weighted by Crippen LogP contribution is -2.46. The molecule has 10 nitrogen and oxygen atoms in total. The van der Waals surface area contributed by atoms with Crippen LogP contribution in [0.15, 0.2) is 18.2 Å². The van der Waals surface area contributed by atoms with Crippen LogP contribution < -0.4 is 4.90 Å². The van der Waals surface area contributed by atoms with Gasteiger partial charge in [-0.2, -0.15) is 9.61 Å². The number of halogens is 2. The maximum Gasteiger partial charge on any atom is 0.340 e. The Bertz CT molecular complexity index is 1550. The number of carbonyl (C=O) groups excluding carboxylic acids is 1. The van der Waals surface area contributed by atoms with E-state index < -0.39 is 29.3 Å². The summed E-state index contributed by atoms with van der Waals surface area (Å²) in [5, 5.41) is 24.6. The average Bonchev–Trinajstić information content (AvgIpc) is 3.40. The number of aromatic nitrogens is 3. The van der Waals surface area contributed by atoms with Gasteiger partial charge in [0.1, 0.15) is 11.6 Å². The number of unbranched alkanes of at least 4 members (excludes halogenated alkanes) is 1. The molecule has 0 bridgehead atoms. The Morgan fingerprint density at radius 1 is 1.08 bits per heavy atom. The first kappa shape index (κ1) is 37.5. The van der Waals surface area contributed by atoms with E-state index >= 15 is 0 Å². The van der Waals surface area contributed by atoms with Crippen LogP contribution in [0.25, 0.3) is 5.65 Å². The van der Waals surface area contributed by atoms with E-state index in [-0.39, 0.29) is 24.1 Å². The summed E-state index contributed by atoms with van der Waals surface area (Å²) in [7, 11) is 0. The molecule has 3 aromatic rings. The molecule has 0 amide bonds. The largest absolute Gasteiger partial charge is 0.508 e. The van der Waals surface area contributed by atoms with E-state index in [0.717, 1.165) is 49.9 Å². The molecule has 2 N–H and O–H groups in total. The summed E-state index contributed by atoms with van der Waals surface area (Å²) in [4.78, 5) is 20.6. The Morgan fingerprint density at radius 2 is 1.77 bits per heavy atom. The fourth-order valence-corrected chi connectivity index (χ4v) is 6.13. The van der Waals surface area contributed by atoms with E-state index in [0.29, 0.717) is 67.2 Å². The second-order valence-corrected chi connectivity index (χ2v) is 14.1. The summed E-state index contributed by atoms with van der Waals surface area (Å²) in [6, 6.07) is 3.71. The van der Waals surface area contributed by atoms with E-state index in [1.807, 2.05) is 33.8 Å². The molecule has 0 spiro atoms. The number of aliphatic hydroxyl groups is 1. The number of fused-ring (bicyclic) bond motifs is 1. The van der Waals surface area contributed by atoms with Crippen molar-refractivity contribution in [2.75, 3.05) is 31.2 Å². The molecule has 3 heterocycles. The lowest BCUT2D eigenvalue weighted by Gasteiger charge is -2.41. The minimum atomic E-state index is -1.09. The van der Waals surface area contributed by atoms with Crippen LogP contribution in [0.2, 0.25) is 0 Å². The van der Waals surface area contributed by atoms with Gasteiger partial charge in [0.2, 0.25) is 0 Å². The molecule has 0 saturated carbocycles. The van der Waals surface area contributed by atoms with Crippen molar-refractivity contribution in [3.05, 3.63) is 52.3 Å². The van der Waals surface area contributed by atoms with E-state index in [1.54, 1.807) is 18.4 Å². The number of anilines is 1. The smallest absolute Gasteiger partial charge is 0.340 e.